The van der Waals surface area contributed by atoms with Gasteiger partial charge in [0.2, 0.25) is 0 Å². The van der Waals surface area contributed by atoms with Gasteiger partial charge >= 0.3 is 11.9 Å². The van der Waals surface area contributed by atoms with Crippen LogP contribution in [0.3, 0.4) is 0 Å². The van der Waals surface area contributed by atoms with E-state index in [1.54, 1.807) is 30.3 Å². The van der Waals surface area contributed by atoms with Gasteiger partial charge in [-0.15, -0.1) is 0 Å². The van der Waals surface area contributed by atoms with Crippen LogP contribution >= 0.6 is 23.2 Å². The van der Waals surface area contributed by atoms with E-state index in [0.717, 1.165) is 43.6 Å². The predicted octanol–water partition coefficient (Wildman–Crippen LogP) is 6.30. The van der Waals surface area contributed by atoms with Crippen molar-refractivity contribution in [2.75, 3.05) is 40.4 Å². The van der Waals surface area contributed by atoms with E-state index < -0.39 is 18.1 Å². The van der Waals surface area contributed by atoms with E-state index in [1.165, 1.54) is 26.6 Å². The normalized spacial score (nSPS) is 19.2. The van der Waals surface area contributed by atoms with Crippen LogP contribution in [0.25, 0.3) is 0 Å². The Hall–Kier alpha value is -4.35. The van der Waals surface area contributed by atoms with Crippen LogP contribution < -0.4 is 19.5 Å². The van der Waals surface area contributed by atoms with E-state index in [1.807, 2.05) is 42.5 Å². The first-order valence-electron chi connectivity index (χ1n) is 17.0. The first-order valence-corrected chi connectivity index (χ1v) is 17.8. The second-order valence-corrected chi connectivity index (χ2v) is 13.7. The van der Waals surface area contributed by atoms with Crippen LogP contribution in [0.5, 0.6) is 11.5 Å². The molecule has 4 aromatic rings. The number of ether oxygens (including phenoxy) is 4. The highest BCUT2D eigenvalue weighted by molar-refractivity contribution is 6.35. The second kappa shape index (κ2) is 16.8. The third kappa shape index (κ3) is 8.94. The number of benzene rings is 3. The van der Waals surface area contributed by atoms with E-state index in [4.69, 9.17) is 42.1 Å². The molecule has 3 saturated heterocycles. The molecule has 10 nitrogen and oxygen atoms in total. The fraction of sp³-hybridized carbons (Fsp3) is 0.359. The average Bonchev–Trinajstić information content (AvgIpc) is 3.15. The summed E-state index contributed by atoms with van der Waals surface area (Å²) in [6.45, 7) is 3.48. The zero-order valence-electron chi connectivity index (χ0n) is 28.6. The molecule has 3 atom stereocenters. The lowest BCUT2D eigenvalue weighted by Gasteiger charge is -2.44. The van der Waals surface area contributed by atoms with E-state index >= 15 is 0 Å². The smallest absolute Gasteiger partial charge is 0.338 e. The molecule has 12 heteroatoms. The summed E-state index contributed by atoms with van der Waals surface area (Å²) >= 11 is 12.8. The molecule has 2 unspecified atom stereocenters. The second-order valence-electron chi connectivity index (χ2n) is 12.9. The molecular weight excluding hydrogens is 693 g/mol. The van der Waals surface area contributed by atoms with Crippen molar-refractivity contribution in [2.45, 2.75) is 43.9 Å². The zero-order chi connectivity index (χ0) is 35.9. The van der Waals surface area contributed by atoms with Crippen LogP contribution in [-0.4, -0.2) is 63.3 Å². The van der Waals surface area contributed by atoms with Gasteiger partial charge in [0, 0.05) is 25.1 Å². The predicted molar refractivity (Wildman–Crippen MR) is 193 cm³/mol. The summed E-state index contributed by atoms with van der Waals surface area (Å²) in [7, 11) is 3.05. The standard InChI is InChI=1S/C39H41Cl2N3O7/c1-48-33-13-12-29(20-35(33)49-2)34(21-30-31(40)22-44(47)23-32(30)41)50-38(45)28-10-8-25(9-11-28)14-17-42-37(27-6-4-3-5-7-27)39(46)51-36-24-43-18-15-26(36)16-19-43/h3-13,20,22-23,26,34,36-37,42H,14-19,21,24H2,1-2H3/t34?,36-,37?/m0/s1. The SMILES string of the molecule is COc1ccc(C(Cc2c(Cl)c[n+]([O-])cc2Cl)OC(=O)c2ccc(CCNC(C(=O)O[C@H]3CN4CCC3CC4)c3ccccc3)cc2)cc1OC. The largest absolute Gasteiger partial charge is 0.619 e. The quantitative estimate of drug-likeness (QED) is 0.0907. The maximum atomic E-state index is 13.5. The molecule has 1 aromatic heterocycles. The Morgan fingerprint density at radius 2 is 1.61 bits per heavy atom. The van der Waals surface area contributed by atoms with Gasteiger partial charge in [-0.3, -0.25) is 4.90 Å². The number of carbonyl (C=O) groups is 2. The number of pyridine rings is 1. The third-order valence-corrected chi connectivity index (χ3v) is 10.3. The first kappa shape index (κ1) is 36.4. The van der Waals surface area contributed by atoms with Gasteiger partial charge in [-0.05, 0) is 79.2 Å². The van der Waals surface area contributed by atoms with Gasteiger partial charge in [0.25, 0.3) is 0 Å². The number of rotatable bonds is 14. The van der Waals surface area contributed by atoms with Crippen molar-refractivity contribution in [3.05, 3.63) is 128 Å². The lowest BCUT2D eigenvalue weighted by molar-refractivity contribution is -0.605. The molecule has 0 spiro atoms. The Morgan fingerprint density at radius 1 is 0.922 bits per heavy atom. The fourth-order valence-electron chi connectivity index (χ4n) is 6.80. The topological polar surface area (TPSA) is 113 Å². The lowest BCUT2D eigenvalue weighted by atomic mass is 9.86. The Morgan fingerprint density at radius 3 is 2.24 bits per heavy atom. The van der Waals surface area contributed by atoms with Crippen molar-refractivity contribution in [1.29, 1.82) is 0 Å². The van der Waals surface area contributed by atoms with E-state index in [-0.39, 0.29) is 28.5 Å². The van der Waals surface area contributed by atoms with Gasteiger partial charge in [-0.1, -0.05) is 71.7 Å². The number of fused-ring (bicyclic) bond motifs is 3. The highest BCUT2D eigenvalue weighted by Crippen LogP contribution is 2.36. The van der Waals surface area contributed by atoms with Crippen LogP contribution in [-0.2, 0) is 27.1 Å². The minimum absolute atomic E-state index is 0.0713. The van der Waals surface area contributed by atoms with Crippen molar-refractivity contribution in [3.63, 3.8) is 0 Å². The summed E-state index contributed by atoms with van der Waals surface area (Å²) in [6.07, 6.45) is 4.37. The highest BCUT2D eigenvalue weighted by atomic mass is 35.5. The number of esters is 2. The number of nitrogens with one attached hydrogen (secondary N) is 1. The summed E-state index contributed by atoms with van der Waals surface area (Å²) in [5, 5.41) is 15.6. The number of hydrogen-bond donors (Lipinski definition) is 1. The minimum atomic E-state index is -0.825. The maximum absolute atomic E-state index is 13.5. The Labute approximate surface area is 307 Å². The first-order chi connectivity index (χ1) is 24.7. The van der Waals surface area contributed by atoms with Crippen LogP contribution in [0.1, 0.15) is 57.6 Å². The zero-order valence-corrected chi connectivity index (χ0v) is 30.1. The molecule has 1 N–H and O–H groups in total. The molecule has 268 valence electrons. The summed E-state index contributed by atoms with van der Waals surface area (Å²) in [4.78, 5) is 29.4. The molecular formula is C39H41Cl2N3O7. The Balaban J connectivity index is 1.12. The van der Waals surface area contributed by atoms with Crippen LogP contribution in [0.4, 0.5) is 0 Å². The van der Waals surface area contributed by atoms with Gasteiger partial charge in [0.1, 0.15) is 28.3 Å². The molecule has 4 heterocycles. The molecule has 7 rings (SSSR count). The molecule has 3 aliphatic heterocycles. The van der Waals surface area contributed by atoms with Crippen molar-refractivity contribution >= 4 is 35.1 Å². The van der Waals surface area contributed by atoms with Gasteiger partial charge < -0.3 is 29.5 Å². The monoisotopic (exact) mass is 733 g/mol. The van der Waals surface area contributed by atoms with Crippen LogP contribution in [0, 0.1) is 11.1 Å². The summed E-state index contributed by atoms with van der Waals surface area (Å²) in [6, 6.07) is 21.4. The molecule has 3 fully saturated rings. The fourth-order valence-corrected chi connectivity index (χ4v) is 7.40. The van der Waals surface area contributed by atoms with Crippen molar-refractivity contribution < 1.29 is 33.3 Å². The third-order valence-electron chi connectivity index (χ3n) is 9.66. The van der Waals surface area contributed by atoms with Gasteiger partial charge in [0.05, 0.1) is 19.8 Å². The number of aromatic nitrogens is 1. The number of halogens is 2. The molecule has 51 heavy (non-hydrogen) atoms. The van der Waals surface area contributed by atoms with Crippen LogP contribution in [0.15, 0.2) is 85.2 Å². The molecule has 0 radical (unpaired) electrons. The molecule has 2 bridgehead atoms. The van der Waals surface area contributed by atoms with E-state index in [0.29, 0.717) is 51.8 Å². The Bertz CT molecular complexity index is 1790. The Kier molecular flexibility index (Phi) is 12.0. The summed E-state index contributed by atoms with van der Waals surface area (Å²) in [5.74, 6) is 0.586. The molecule has 3 aromatic carbocycles. The van der Waals surface area contributed by atoms with E-state index in [9.17, 15) is 14.8 Å². The molecule has 0 saturated carbocycles. The number of nitrogens with zero attached hydrogens (tertiary/aromatic N) is 2. The molecule has 3 aliphatic rings. The molecule has 0 amide bonds. The van der Waals surface area contributed by atoms with Gasteiger partial charge in [0.15, 0.2) is 23.9 Å². The number of carbonyl (C=O) groups excluding carboxylic acids is 2. The maximum Gasteiger partial charge on any atom is 0.338 e. The highest BCUT2D eigenvalue weighted by Gasteiger charge is 2.38. The van der Waals surface area contributed by atoms with Gasteiger partial charge in [-0.2, -0.15) is 4.73 Å². The van der Waals surface area contributed by atoms with Gasteiger partial charge in [-0.25, -0.2) is 9.59 Å². The van der Waals surface area contributed by atoms with E-state index in [2.05, 4.69) is 10.2 Å². The molecule has 0 aliphatic carbocycles. The average molecular weight is 735 g/mol. The van der Waals surface area contributed by atoms with Crippen molar-refractivity contribution in [1.82, 2.24) is 10.2 Å². The van der Waals surface area contributed by atoms with Crippen molar-refractivity contribution in [2.24, 2.45) is 5.92 Å². The lowest BCUT2D eigenvalue weighted by Crippen LogP contribution is -2.52. The number of hydrogen-bond acceptors (Lipinski definition) is 9. The van der Waals surface area contributed by atoms with Crippen molar-refractivity contribution in [3.8, 4) is 11.5 Å². The summed E-state index contributed by atoms with van der Waals surface area (Å²) in [5.41, 5.74) is 3.26. The summed E-state index contributed by atoms with van der Waals surface area (Å²) < 4.78 is 23.5. The number of piperidine rings is 3. The number of methoxy groups -OCH3 is 2. The van der Waals surface area contributed by atoms with Crippen LogP contribution in [0.2, 0.25) is 10.0 Å². The minimum Gasteiger partial charge on any atom is -0.619 e.